The first-order chi connectivity index (χ1) is 10.5. The fourth-order valence-corrected chi connectivity index (χ4v) is 3.50. The molecule has 118 valence electrons. The Kier molecular flexibility index (Phi) is 5.97. The zero-order valence-corrected chi connectivity index (χ0v) is 13.8. The Bertz CT molecular complexity index is 704. The lowest BCUT2D eigenvalue weighted by Crippen LogP contribution is -2.30. The first-order valence-electron chi connectivity index (χ1n) is 6.80. The van der Waals surface area contributed by atoms with Crippen molar-refractivity contribution in [1.29, 1.82) is 0 Å². The van der Waals surface area contributed by atoms with Gasteiger partial charge in [0.1, 0.15) is 0 Å². The van der Waals surface area contributed by atoms with Crippen molar-refractivity contribution in [2.45, 2.75) is 11.9 Å². The molecule has 22 heavy (non-hydrogen) atoms. The molecule has 0 bridgehead atoms. The summed E-state index contributed by atoms with van der Waals surface area (Å²) in [6, 6.07) is 16.3. The van der Waals surface area contributed by atoms with Crippen LogP contribution in [0.3, 0.4) is 0 Å². The van der Waals surface area contributed by atoms with Crippen molar-refractivity contribution >= 4 is 21.6 Å². The molecule has 0 aliphatic rings. The molecule has 4 nitrogen and oxygen atoms in total. The number of hydrogen-bond acceptors (Lipinski definition) is 3. The Balaban J connectivity index is 2.02. The summed E-state index contributed by atoms with van der Waals surface area (Å²) in [7, 11) is -1.91. The van der Waals surface area contributed by atoms with Crippen molar-refractivity contribution in [1.82, 2.24) is 4.72 Å². The van der Waals surface area contributed by atoms with Crippen LogP contribution < -0.4 is 4.72 Å². The molecule has 0 heterocycles. The maximum Gasteiger partial charge on any atom is 0.215 e. The minimum atomic E-state index is -3.43. The van der Waals surface area contributed by atoms with Gasteiger partial charge in [0.25, 0.3) is 0 Å². The van der Waals surface area contributed by atoms with Gasteiger partial charge in [0.2, 0.25) is 10.0 Å². The second kappa shape index (κ2) is 7.74. The van der Waals surface area contributed by atoms with Crippen LogP contribution in [0.2, 0.25) is 5.02 Å². The van der Waals surface area contributed by atoms with Gasteiger partial charge in [-0.05, 0) is 11.6 Å². The van der Waals surface area contributed by atoms with E-state index in [1.54, 1.807) is 18.2 Å². The molecule has 2 rings (SSSR count). The molecule has 0 aromatic heterocycles. The van der Waals surface area contributed by atoms with Gasteiger partial charge >= 0.3 is 0 Å². The van der Waals surface area contributed by atoms with E-state index in [1.165, 1.54) is 7.11 Å². The predicted octanol–water partition coefficient (Wildman–Crippen LogP) is 3.15. The molecule has 0 fully saturated rings. The van der Waals surface area contributed by atoms with Crippen molar-refractivity contribution in [3.63, 3.8) is 0 Å². The summed E-state index contributed by atoms with van der Waals surface area (Å²) in [5, 5.41) is 0.552. The van der Waals surface area contributed by atoms with E-state index in [1.807, 2.05) is 36.4 Å². The lowest BCUT2D eigenvalue weighted by molar-refractivity contribution is 0.107. The molecule has 0 saturated carbocycles. The number of nitrogens with one attached hydrogen (secondary N) is 1. The largest absolute Gasteiger partial charge is 0.375 e. The molecule has 0 radical (unpaired) electrons. The number of benzene rings is 2. The van der Waals surface area contributed by atoms with E-state index in [0.717, 1.165) is 11.1 Å². The quantitative estimate of drug-likeness (QED) is 0.843. The van der Waals surface area contributed by atoms with Gasteiger partial charge in [-0.25, -0.2) is 13.1 Å². The Labute approximate surface area is 136 Å². The summed E-state index contributed by atoms with van der Waals surface area (Å²) < 4.78 is 32.2. The van der Waals surface area contributed by atoms with Gasteiger partial charge in [-0.2, -0.15) is 0 Å². The van der Waals surface area contributed by atoms with Gasteiger partial charge in [-0.3, -0.25) is 0 Å². The molecule has 0 spiro atoms. The molecule has 2 aromatic rings. The van der Waals surface area contributed by atoms with E-state index >= 15 is 0 Å². The summed E-state index contributed by atoms with van der Waals surface area (Å²) in [4.78, 5) is 0. The maximum atomic E-state index is 12.1. The lowest BCUT2D eigenvalue weighted by atomic mass is 10.1. The summed E-state index contributed by atoms with van der Waals surface area (Å²) in [6.07, 6.45) is -0.431. The van der Waals surface area contributed by atoms with E-state index in [-0.39, 0.29) is 12.3 Å². The lowest BCUT2D eigenvalue weighted by Gasteiger charge is -2.17. The summed E-state index contributed by atoms with van der Waals surface area (Å²) >= 11 is 6.12. The van der Waals surface area contributed by atoms with Crippen LogP contribution in [0.5, 0.6) is 0 Å². The van der Waals surface area contributed by atoms with Crippen LogP contribution in [-0.2, 0) is 20.5 Å². The minimum absolute atomic E-state index is 0.0627. The fraction of sp³-hybridized carbons (Fsp3) is 0.250. The molecule has 6 heteroatoms. The number of hydrogen-bond donors (Lipinski definition) is 1. The van der Waals surface area contributed by atoms with Crippen LogP contribution in [0, 0.1) is 0 Å². The number of methoxy groups -OCH3 is 1. The Hall–Kier alpha value is -1.40. The SMILES string of the molecule is CO[C@H](CNS(=O)(=O)Cc1ccccc1)c1ccccc1Cl. The molecule has 0 amide bonds. The van der Waals surface area contributed by atoms with Crippen LogP contribution >= 0.6 is 11.6 Å². The summed E-state index contributed by atoms with van der Waals surface area (Å²) in [6.45, 7) is 0.134. The second-order valence-corrected chi connectivity index (χ2v) is 7.05. The second-order valence-electron chi connectivity index (χ2n) is 4.84. The minimum Gasteiger partial charge on any atom is -0.375 e. The average Bonchev–Trinajstić information content (AvgIpc) is 2.50. The zero-order valence-electron chi connectivity index (χ0n) is 12.2. The highest BCUT2D eigenvalue weighted by atomic mass is 35.5. The summed E-state index contributed by atoms with van der Waals surface area (Å²) in [5.74, 6) is -0.0627. The highest BCUT2D eigenvalue weighted by Crippen LogP contribution is 2.24. The van der Waals surface area contributed by atoms with Crippen LogP contribution in [0.25, 0.3) is 0 Å². The van der Waals surface area contributed by atoms with Crippen molar-refractivity contribution < 1.29 is 13.2 Å². The standard InChI is InChI=1S/C16H18ClNO3S/c1-21-16(14-9-5-6-10-15(14)17)11-18-22(19,20)12-13-7-3-2-4-8-13/h2-10,16,18H,11-12H2,1H3/t16-/m1/s1. The van der Waals surface area contributed by atoms with Crippen molar-refractivity contribution in [3.05, 3.63) is 70.7 Å². The number of halogens is 1. The van der Waals surface area contributed by atoms with Crippen molar-refractivity contribution in [2.75, 3.05) is 13.7 Å². The molecular formula is C16H18ClNO3S. The molecule has 0 saturated heterocycles. The highest BCUT2D eigenvalue weighted by Gasteiger charge is 2.18. The highest BCUT2D eigenvalue weighted by molar-refractivity contribution is 7.88. The number of ether oxygens (including phenoxy) is 1. The third-order valence-electron chi connectivity index (χ3n) is 3.22. The van der Waals surface area contributed by atoms with Gasteiger partial charge in [0, 0.05) is 24.2 Å². The van der Waals surface area contributed by atoms with Gasteiger partial charge in [-0.15, -0.1) is 0 Å². The first kappa shape index (κ1) is 17.0. The molecule has 1 N–H and O–H groups in total. The monoisotopic (exact) mass is 339 g/mol. The van der Waals surface area contributed by atoms with Crippen LogP contribution in [-0.4, -0.2) is 22.1 Å². The Morgan fingerprint density at radius 3 is 2.36 bits per heavy atom. The molecule has 0 unspecified atom stereocenters. The van der Waals surface area contributed by atoms with E-state index in [4.69, 9.17) is 16.3 Å². The first-order valence-corrected chi connectivity index (χ1v) is 8.83. The third kappa shape index (κ3) is 4.81. The van der Waals surface area contributed by atoms with Gasteiger partial charge in [0.15, 0.2) is 0 Å². The van der Waals surface area contributed by atoms with Gasteiger partial charge < -0.3 is 4.74 Å². The van der Waals surface area contributed by atoms with Crippen molar-refractivity contribution in [3.8, 4) is 0 Å². The van der Waals surface area contributed by atoms with Crippen LogP contribution in [0.1, 0.15) is 17.2 Å². The maximum absolute atomic E-state index is 12.1. The van der Waals surface area contributed by atoms with E-state index in [2.05, 4.69) is 4.72 Å². The van der Waals surface area contributed by atoms with Crippen molar-refractivity contribution in [2.24, 2.45) is 0 Å². The third-order valence-corrected chi connectivity index (χ3v) is 4.89. The van der Waals surface area contributed by atoms with Gasteiger partial charge in [-0.1, -0.05) is 60.1 Å². The predicted molar refractivity (Wildman–Crippen MR) is 88.3 cm³/mol. The molecule has 0 aliphatic heterocycles. The molecule has 2 aromatic carbocycles. The molecule has 0 aliphatic carbocycles. The molecular weight excluding hydrogens is 322 g/mol. The Morgan fingerprint density at radius 2 is 1.73 bits per heavy atom. The van der Waals surface area contributed by atoms with Crippen LogP contribution in [0.4, 0.5) is 0 Å². The molecule has 1 atom stereocenters. The Morgan fingerprint density at radius 1 is 1.09 bits per heavy atom. The zero-order chi connectivity index (χ0) is 16.0. The smallest absolute Gasteiger partial charge is 0.215 e. The van der Waals surface area contributed by atoms with E-state index in [0.29, 0.717) is 5.02 Å². The fourth-order valence-electron chi connectivity index (χ4n) is 2.10. The average molecular weight is 340 g/mol. The number of rotatable bonds is 7. The van der Waals surface area contributed by atoms with E-state index < -0.39 is 16.1 Å². The summed E-state index contributed by atoms with van der Waals surface area (Å²) in [5.41, 5.74) is 1.50. The topological polar surface area (TPSA) is 55.4 Å². The van der Waals surface area contributed by atoms with Crippen LogP contribution in [0.15, 0.2) is 54.6 Å². The van der Waals surface area contributed by atoms with Gasteiger partial charge in [0.05, 0.1) is 11.9 Å². The van der Waals surface area contributed by atoms with E-state index in [9.17, 15) is 8.42 Å². The normalized spacial score (nSPS) is 13.0. The number of sulfonamides is 1.